The van der Waals surface area contributed by atoms with E-state index >= 15 is 0 Å². The molecule has 0 saturated carbocycles. The standard InChI is InChI=1S/C15H32OSi/c1-5-6-7-8-9-10-13-17(4)14-11-12-15(2,3)16-17/h5-14H2,1-4H3. The lowest BCUT2D eigenvalue weighted by atomic mass is 10.0. The van der Waals surface area contributed by atoms with Crippen LogP contribution in [0, 0.1) is 0 Å². The third-order valence-corrected chi connectivity index (χ3v) is 7.93. The van der Waals surface area contributed by atoms with Crippen molar-refractivity contribution in [2.45, 2.75) is 96.4 Å². The molecule has 1 nitrogen and oxygen atoms in total. The van der Waals surface area contributed by atoms with Gasteiger partial charge >= 0.3 is 0 Å². The highest BCUT2D eigenvalue weighted by Gasteiger charge is 2.38. The first kappa shape index (κ1) is 15.2. The summed E-state index contributed by atoms with van der Waals surface area (Å²) in [6.45, 7) is 9.29. The molecule has 0 bridgehead atoms. The highest BCUT2D eigenvalue weighted by Crippen LogP contribution is 2.36. The van der Waals surface area contributed by atoms with Crippen molar-refractivity contribution in [2.24, 2.45) is 0 Å². The van der Waals surface area contributed by atoms with Gasteiger partial charge in [0.25, 0.3) is 0 Å². The van der Waals surface area contributed by atoms with E-state index < -0.39 is 8.32 Å². The van der Waals surface area contributed by atoms with Crippen LogP contribution in [-0.4, -0.2) is 13.9 Å². The van der Waals surface area contributed by atoms with E-state index in [1.165, 1.54) is 63.5 Å². The highest BCUT2D eigenvalue weighted by atomic mass is 28.4. The zero-order valence-electron chi connectivity index (χ0n) is 12.5. The maximum Gasteiger partial charge on any atom is 0.190 e. The Labute approximate surface area is 109 Å². The molecule has 0 aromatic rings. The summed E-state index contributed by atoms with van der Waals surface area (Å²) in [5.74, 6) is 0. The molecule has 0 amide bonds. The Balaban J connectivity index is 2.16. The van der Waals surface area contributed by atoms with E-state index in [-0.39, 0.29) is 5.60 Å². The van der Waals surface area contributed by atoms with Crippen LogP contribution in [0.3, 0.4) is 0 Å². The monoisotopic (exact) mass is 256 g/mol. The van der Waals surface area contributed by atoms with Crippen LogP contribution in [-0.2, 0) is 4.43 Å². The second-order valence-corrected chi connectivity index (χ2v) is 10.8. The third kappa shape index (κ3) is 6.05. The van der Waals surface area contributed by atoms with Gasteiger partial charge in [0.2, 0.25) is 0 Å². The smallest absolute Gasteiger partial charge is 0.190 e. The average Bonchev–Trinajstić information content (AvgIpc) is 2.21. The van der Waals surface area contributed by atoms with Crippen LogP contribution in [0.25, 0.3) is 0 Å². The van der Waals surface area contributed by atoms with Gasteiger partial charge < -0.3 is 4.43 Å². The summed E-state index contributed by atoms with van der Waals surface area (Å²) in [4.78, 5) is 0. The van der Waals surface area contributed by atoms with E-state index in [1.807, 2.05) is 0 Å². The Morgan fingerprint density at radius 2 is 1.71 bits per heavy atom. The summed E-state index contributed by atoms with van der Waals surface area (Å²) in [7, 11) is -1.34. The molecule has 1 fully saturated rings. The number of hydrogen-bond acceptors (Lipinski definition) is 1. The van der Waals surface area contributed by atoms with Crippen molar-refractivity contribution in [3.63, 3.8) is 0 Å². The lowest BCUT2D eigenvalue weighted by Crippen LogP contribution is -2.46. The fourth-order valence-corrected chi connectivity index (χ4v) is 6.93. The molecule has 1 atom stereocenters. The molecule has 1 saturated heterocycles. The zero-order chi connectivity index (χ0) is 12.8. The van der Waals surface area contributed by atoms with Gasteiger partial charge in [0, 0.05) is 0 Å². The Kier molecular flexibility index (Phi) is 6.22. The molecule has 1 rings (SSSR count). The molecule has 1 aliphatic heterocycles. The molecule has 0 spiro atoms. The molecule has 1 aliphatic rings. The molecule has 1 unspecified atom stereocenters. The Hall–Kier alpha value is 0.177. The molecule has 102 valence electrons. The topological polar surface area (TPSA) is 9.23 Å². The minimum absolute atomic E-state index is 0.168. The van der Waals surface area contributed by atoms with Crippen molar-refractivity contribution >= 4 is 8.32 Å². The molecular formula is C15H32OSi. The Morgan fingerprint density at radius 3 is 2.35 bits per heavy atom. The van der Waals surface area contributed by atoms with E-state index in [4.69, 9.17) is 4.43 Å². The van der Waals surface area contributed by atoms with Crippen molar-refractivity contribution in [3.8, 4) is 0 Å². The van der Waals surface area contributed by atoms with E-state index in [9.17, 15) is 0 Å². The number of unbranched alkanes of at least 4 members (excludes halogenated alkanes) is 5. The van der Waals surface area contributed by atoms with Gasteiger partial charge in [0.1, 0.15) is 0 Å². The van der Waals surface area contributed by atoms with E-state index in [0.717, 1.165) is 0 Å². The molecule has 0 aromatic carbocycles. The van der Waals surface area contributed by atoms with Crippen LogP contribution in [0.5, 0.6) is 0 Å². The molecule has 0 aliphatic carbocycles. The van der Waals surface area contributed by atoms with Gasteiger partial charge in [-0.05, 0) is 38.9 Å². The largest absolute Gasteiger partial charge is 0.412 e. The van der Waals surface area contributed by atoms with Gasteiger partial charge in [0.05, 0.1) is 5.60 Å². The van der Waals surface area contributed by atoms with Gasteiger partial charge in [-0.25, -0.2) is 0 Å². The van der Waals surface area contributed by atoms with Crippen molar-refractivity contribution in [2.75, 3.05) is 0 Å². The third-order valence-electron chi connectivity index (χ3n) is 4.07. The SMILES string of the molecule is CCCCCCCC[Si]1(C)CCCC(C)(C)O1. The highest BCUT2D eigenvalue weighted by molar-refractivity contribution is 6.72. The summed E-state index contributed by atoms with van der Waals surface area (Å²) in [6, 6.07) is 2.79. The van der Waals surface area contributed by atoms with Crippen molar-refractivity contribution in [1.29, 1.82) is 0 Å². The minimum atomic E-state index is -1.34. The lowest BCUT2D eigenvalue weighted by Gasteiger charge is -2.42. The first-order valence-electron chi connectivity index (χ1n) is 7.68. The molecule has 0 N–H and O–H groups in total. The van der Waals surface area contributed by atoms with Gasteiger partial charge in [-0.1, -0.05) is 51.9 Å². The predicted molar refractivity (Wildman–Crippen MR) is 79.0 cm³/mol. The van der Waals surface area contributed by atoms with Crippen LogP contribution in [0.1, 0.15) is 72.1 Å². The Bertz CT molecular complexity index is 215. The van der Waals surface area contributed by atoms with Crippen LogP contribution >= 0.6 is 0 Å². The summed E-state index contributed by atoms with van der Waals surface area (Å²) in [5.41, 5.74) is 0.168. The molecule has 0 radical (unpaired) electrons. The average molecular weight is 257 g/mol. The van der Waals surface area contributed by atoms with Gasteiger partial charge in [-0.2, -0.15) is 0 Å². The minimum Gasteiger partial charge on any atom is -0.412 e. The molecule has 17 heavy (non-hydrogen) atoms. The van der Waals surface area contributed by atoms with Crippen LogP contribution < -0.4 is 0 Å². The molecule has 0 aromatic heterocycles. The predicted octanol–water partition coefficient (Wildman–Crippen LogP) is 5.51. The number of rotatable bonds is 7. The summed E-state index contributed by atoms with van der Waals surface area (Å²) in [5, 5.41) is 0. The maximum absolute atomic E-state index is 6.43. The van der Waals surface area contributed by atoms with Crippen molar-refractivity contribution in [1.82, 2.24) is 0 Å². The lowest BCUT2D eigenvalue weighted by molar-refractivity contribution is 0.0697. The fourth-order valence-electron chi connectivity index (χ4n) is 3.11. The van der Waals surface area contributed by atoms with Crippen molar-refractivity contribution < 1.29 is 4.43 Å². The van der Waals surface area contributed by atoms with Gasteiger partial charge in [0.15, 0.2) is 8.32 Å². The first-order valence-corrected chi connectivity index (χ1v) is 10.5. The summed E-state index contributed by atoms with van der Waals surface area (Å²) in [6.07, 6.45) is 11.1. The maximum atomic E-state index is 6.43. The fraction of sp³-hybridized carbons (Fsp3) is 1.00. The van der Waals surface area contributed by atoms with Crippen LogP contribution in [0.4, 0.5) is 0 Å². The first-order chi connectivity index (χ1) is 7.97. The number of hydrogen-bond donors (Lipinski definition) is 0. The molecule has 1 heterocycles. The second-order valence-electron chi connectivity index (χ2n) is 6.68. The van der Waals surface area contributed by atoms with E-state index in [1.54, 1.807) is 0 Å². The van der Waals surface area contributed by atoms with Crippen LogP contribution in [0.2, 0.25) is 18.6 Å². The summed E-state index contributed by atoms with van der Waals surface area (Å²) < 4.78 is 6.43. The second kappa shape index (κ2) is 6.94. The van der Waals surface area contributed by atoms with Crippen LogP contribution in [0.15, 0.2) is 0 Å². The molecular weight excluding hydrogens is 224 g/mol. The zero-order valence-corrected chi connectivity index (χ0v) is 13.5. The molecule has 2 heteroatoms. The summed E-state index contributed by atoms with van der Waals surface area (Å²) >= 11 is 0. The quantitative estimate of drug-likeness (QED) is 0.431. The van der Waals surface area contributed by atoms with Gasteiger partial charge in [-0.15, -0.1) is 0 Å². The van der Waals surface area contributed by atoms with E-state index in [2.05, 4.69) is 27.3 Å². The van der Waals surface area contributed by atoms with Crippen molar-refractivity contribution in [3.05, 3.63) is 0 Å². The Morgan fingerprint density at radius 1 is 1.06 bits per heavy atom. The van der Waals surface area contributed by atoms with Gasteiger partial charge in [-0.3, -0.25) is 0 Å². The van der Waals surface area contributed by atoms with E-state index in [0.29, 0.717) is 0 Å². The normalized spacial score (nSPS) is 28.2.